The Kier molecular flexibility index (Phi) is 4.60. The van der Waals surface area contributed by atoms with Gasteiger partial charge in [0.1, 0.15) is 11.6 Å². The van der Waals surface area contributed by atoms with Crippen molar-refractivity contribution in [1.29, 1.82) is 0 Å². The summed E-state index contributed by atoms with van der Waals surface area (Å²) in [5.74, 6) is 0.114. The first-order chi connectivity index (χ1) is 13.1. The highest BCUT2D eigenvalue weighted by Crippen LogP contribution is 2.21. The van der Waals surface area contributed by atoms with E-state index in [1.807, 2.05) is 0 Å². The number of oxazole rings is 1. The maximum absolute atomic E-state index is 12.6. The second-order valence-electron chi connectivity index (χ2n) is 6.44. The molecule has 7 nitrogen and oxygen atoms in total. The van der Waals surface area contributed by atoms with Crippen molar-refractivity contribution >= 4 is 34.3 Å². The van der Waals surface area contributed by atoms with Gasteiger partial charge in [-0.25, -0.2) is 4.98 Å². The third-order valence-corrected chi connectivity index (χ3v) is 4.37. The van der Waals surface area contributed by atoms with Crippen molar-refractivity contribution in [2.45, 2.75) is 25.9 Å². The fourth-order valence-electron chi connectivity index (χ4n) is 3.07. The normalized spacial score (nSPS) is 16.4. The van der Waals surface area contributed by atoms with Gasteiger partial charge in [-0.2, -0.15) is 0 Å². The number of hydrogen-bond acceptors (Lipinski definition) is 5. The zero-order valence-corrected chi connectivity index (χ0v) is 14.8. The molecular formula is C20H19N3O4. The molecule has 138 valence electrons. The molecule has 0 saturated carbocycles. The molecule has 1 aromatic heterocycles. The molecule has 4 rings (SSSR count). The number of benzene rings is 2. The van der Waals surface area contributed by atoms with E-state index < -0.39 is 6.10 Å². The van der Waals surface area contributed by atoms with Crippen molar-refractivity contribution in [3.05, 3.63) is 53.9 Å². The second kappa shape index (κ2) is 7.20. The maximum Gasteiger partial charge on any atom is 0.255 e. The zero-order chi connectivity index (χ0) is 18.8. The number of rotatable bonds is 4. The number of anilines is 2. The van der Waals surface area contributed by atoms with Gasteiger partial charge >= 0.3 is 0 Å². The average Bonchev–Trinajstić information content (AvgIpc) is 3.30. The van der Waals surface area contributed by atoms with Crippen LogP contribution >= 0.6 is 0 Å². The van der Waals surface area contributed by atoms with Gasteiger partial charge in [0, 0.05) is 30.5 Å². The minimum absolute atomic E-state index is 0.183. The van der Waals surface area contributed by atoms with E-state index in [4.69, 9.17) is 9.15 Å². The number of carbonyl (C=O) groups excluding carboxylic acids is 2. The van der Waals surface area contributed by atoms with E-state index in [1.54, 1.807) is 49.4 Å². The van der Waals surface area contributed by atoms with E-state index in [-0.39, 0.29) is 11.8 Å². The van der Waals surface area contributed by atoms with E-state index in [0.717, 1.165) is 12.8 Å². The smallest absolute Gasteiger partial charge is 0.255 e. The lowest BCUT2D eigenvalue weighted by Crippen LogP contribution is -2.27. The van der Waals surface area contributed by atoms with E-state index in [2.05, 4.69) is 15.6 Å². The topological polar surface area (TPSA) is 93.5 Å². The van der Waals surface area contributed by atoms with Crippen molar-refractivity contribution in [2.75, 3.05) is 17.2 Å². The van der Waals surface area contributed by atoms with Gasteiger partial charge in [0.2, 0.25) is 0 Å². The highest BCUT2D eigenvalue weighted by atomic mass is 16.5. The van der Waals surface area contributed by atoms with Crippen LogP contribution in [0.2, 0.25) is 0 Å². The molecule has 1 atom stereocenters. The molecule has 1 fully saturated rings. The molecule has 3 aromatic rings. The Morgan fingerprint density at radius 3 is 2.78 bits per heavy atom. The third kappa shape index (κ3) is 3.83. The van der Waals surface area contributed by atoms with E-state index in [1.165, 1.54) is 0 Å². The van der Waals surface area contributed by atoms with Crippen LogP contribution in [0.1, 0.15) is 29.1 Å². The van der Waals surface area contributed by atoms with Crippen LogP contribution in [0.4, 0.5) is 11.4 Å². The number of aryl methyl sites for hydroxylation is 1. The summed E-state index contributed by atoms with van der Waals surface area (Å²) >= 11 is 0. The quantitative estimate of drug-likeness (QED) is 0.738. The summed E-state index contributed by atoms with van der Waals surface area (Å²) in [5.41, 5.74) is 2.98. The Hall–Kier alpha value is -3.19. The summed E-state index contributed by atoms with van der Waals surface area (Å²) in [4.78, 5) is 29.0. The molecule has 7 heteroatoms. The van der Waals surface area contributed by atoms with Crippen LogP contribution in [0.25, 0.3) is 11.1 Å². The minimum Gasteiger partial charge on any atom is -0.441 e. The molecule has 1 aliphatic rings. The Morgan fingerprint density at radius 2 is 1.96 bits per heavy atom. The Morgan fingerprint density at radius 1 is 1.11 bits per heavy atom. The molecule has 2 heterocycles. The lowest BCUT2D eigenvalue weighted by atomic mass is 10.1. The van der Waals surface area contributed by atoms with Gasteiger partial charge in [-0.05, 0) is 49.2 Å². The number of carbonyl (C=O) groups is 2. The van der Waals surface area contributed by atoms with Gasteiger partial charge in [0.15, 0.2) is 11.5 Å². The fraction of sp³-hybridized carbons (Fsp3) is 0.250. The Balaban J connectivity index is 1.46. The Bertz CT molecular complexity index is 1010. The number of nitrogens with zero attached hydrogens (tertiary/aromatic N) is 1. The number of nitrogens with one attached hydrogen (secondary N) is 2. The molecule has 0 unspecified atom stereocenters. The average molecular weight is 365 g/mol. The minimum atomic E-state index is -0.417. The standard InChI is InChI=1S/C20H19N3O4/c1-12-21-16-11-15(7-8-17(16)27-12)22-19(24)13-4-2-5-14(10-13)23-20(25)18-6-3-9-26-18/h2,4-5,7-8,10-11,18H,3,6,9H2,1H3,(H,22,24)(H,23,25)/t18-/m0/s1. The number of hydrogen-bond donors (Lipinski definition) is 2. The van der Waals surface area contributed by atoms with Crippen molar-refractivity contribution in [1.82, 2.24) is 4.98 Å². The van der Waals surface area contributed by atoms with Gasteiger partial charge < -0.3 is 19.8 Å². The summed E-state index contributed by atoms with van der Waals surface area (Å²) in [5, 5.41) is 5.64. The van der Waals surface area contributed by atoms with Crippen molar-refractivity contribution < 1.29 is 18.7 Å². The number of amides is 2. The predicted molar refractivity (Wildman–Crippen MR) is 101 cm³/mol. The molecule has 0 aliphatic carbocycles. The summed E-state index contributed by atoms with van der Waals surface area (Å²) in [7, 11) is 0. The van der Waals surface area contributed by atoms with Crippen molar-refractivity contribution in [2.24, 2.45) is 0 Å². The van der Waals surface area contributed by atoms with Crippen LogP contribution in [-0.4, -0.2) is 29.5 Å². The predicted octanol–water partition coefficient (Wildman–Crippen LogP) is 3.51. The van der Waals surface area contributed by atoms with Crippen LogP contribution in [0.3, 0.4) is 0 Å². The number of ether oxygens (including phenoxy) is 1. The van der Waals surface area contributed by atoms with Gasteiger partial charge in [-0.15, -0.1) is 0 Å². The van der Waals surface area contributed by atoms with Gasteiger partial charge in [0.05, 0.1) is 0 Å². The first-order valence-corrected chi connectivity index (χ1v) is 8.79. The first kappa shape index (κ1) is 17.2. The fourth-order valence-corrected chi connectivity index (χ4v) is 3.07. The summed E-state index contributed by atoms with van der Waals surface area (Å²) in [6.45, 7) is 2.38. The van der Waals surface area contributed by atoms with E-state index in [0.29, 0.717) is 40.5 Å². The Labute approximate surface area is 155 Å². The molecule has 0 radical (unpaired) electrons. The van der Waals surface area contributed by atoms with Crippen LogP contribution < -0.4 is 10.6 Å². The molecule has 2 N–H and O–H groups in total. The molecule has 1 saturated heterocycles. The summed E-state index contributed by atoms with van der Waals surface area (Å²) in [6.07, 6.45) is 1.19. The zero-order valence-electron chi connectivity index (χ0n) is 14.8. The molecule has 2 amide bonds. The molecular weight excluding hydrogens is 346 g/mol. The molecule has 0 spiro atoms. The SMILES string of the molecule is Cc1nc2cc(NC(=O)c3cccc(NC(=O)[C@@H]4CCCO4)c3)ccc2o1. The van der Waals surface area contributed by atoms with Crippen LogP contribution in [0, 0.1) is 6.92 Å². The van der Waals surface area contributed by atoms with Crippen LogP contribution in [-0.2, 0) is 9.53 Å². The lowest BCUT2D eigenvalue weighted by molar-refractivity contribution is -0.124. The summed E-state index contributed by atoms with van der Waals surface area (Å²) < 4.78 is 10.8. The van der Waals surface area contributed by atoms with Crippen LogP contribution in [0.5, 0.6) is 0 Å². The number of aromatic nitrogens is 1. The second-order valence-corrected chi connectivity index (χ2v) is 6.44. The van der Waals surface area contributed by atoms with Crippen molar-refractivity contribution in [3.8, 4) is 0 Å². The van der Waals surface area contributed by atoms with Crippen LogP contribution in [0.15, 0.2) is 46.9 Å². The largest absolute Gasteiger partial charge is 0.441 e. The van der Waals surface area contributed by atoms with Gasteiger partial charge in [0.25, 0.3) is 11.8 Å². The third-order valence-electron chi connectivity index (χ3n) is 4.37. The van der Waals surface area contributed by atoms with E-state index in [9.17, 15) is 9.59 Å². The first-order valence-electron chi connectivity index (χ1n) is 8.79. The van der Waals surface area contributed by atoms with E-state index >= 15 is 0 Å². The lowest BCUT2D eigenvalue weighted by Gasteiger charge is -2.11. The molecule has 0 bridgehead atoms. The monoisotopic (exact) mass is 365 g/mol. The molecule has 27 heavy (non-hydrogen) atoms. The summed E-state index contributed by atoms with van der Waals surface area (Å²) in [6, 6.07) is 12.1. The van der Waals surface area contributed by atoms with Gasteiger partial charge in [-0.1, -0.05) is 6.07 Å². The molecule has 2 aromatic carbocycles. The highest BCUT2D eigenvalue weighted by Gasteiger charge is 2.23. The molecule has 1 aliphatic heterocycles. The number of fused-ring (bicyclic) bond motifs is 1. The van der Waals surface area contributed by atoms with Crippen molar-refractivity contribution in [3.63, 3.8) is 0 Å². The highest BCUT2D eigenvalue weighted by molar-refractivity contribution is 6.06. The van der Waals surface area contributed by atoms with Gasteiger partial charge in [-0.3, -0.25) is 9.59 Å². The maximum atomic E-state index is 12.6.